The molecule has 3 rings (SSSR count). The molecule has 0 spiro atoms. The van der Waals surface area contributed by atoms with Crippen LogP contribution < -0.4 is 5.32 Å². The van der Waals surface area contributed by atoms with Crippen LogP contribution in [0, 0.1) is 0 Å². The third-order valence-electron chi connectivity index (χ3n) is 4.35. The highest BCUT2D eigenvalue weighted by molar-refractivity contribution is 5.79. The Morgan fingerprint density at radius 2 is 1.62 bits per heavy atom. The lowest BCUT2D eigenvalue weighted by molar-refractivity contribution is 0.0701. The van der Waals surface area contributed by atoms with Crippen LogP contribution in [0.5, 0.6) is 0 Å². The third kappa shape index (κ3) is 3.60. The molecule has 0 aromatic heterocycles. The molecule has 24 heavy (non-hydrogen) atoms. The van der Waals surface area contributed by atoms with Crippen molar-refractivity contribution in [1.29, 1.82) is 0 Å². The summed E-state index contributed by atoms with van der Waals surface area (Å²) in [4.78, 5) is 11.9. The first-order valence-corrected chi connectivity index (χ1v) is 8.27. The van der Waals surface area contributed by atoms with Gasteiger partial charge in [-0.1, -0.05) is 48.5 Å². The maximum Gasteiger partial charge on any atom is 0.407 e. The van der Waals surface area contributed by atoms with E-state index in [0.29, 0.717) is 19.6 Å². The Balaban J connectivity index is 1.64. The molecule has 1 aliphatic rings. The van der Waals surface area contributed by atoms with Gasteiger partial charge in [-0.05, 0) is 42.5 Å². The highest BCUT2D eigenvalue weighted by Crippen LogP contribution is 2.44. The van der Waals surface area contributed by atoms with E-state index in [1.807, 2.05) is 24.3 Å². The number of hydrogen-bond acceptors (Lipinski definition) is 3. The van der Waals surface area contributed by atoms with Gasteiger partial charge in [0.05, 0.1) is 5.60 Å². The van der Waals surface area contributed by atoms with Crippen molar-refractivity contribution in [3.8, 4) is 11.1 Å². The van der Waals surface area contributed by atoms with Crippen molar-refractivity contribution in [2.75, 3.05) is 13.2 Å². The van der Waals surface area contributed by atoms with Crippen molar-refractivity contribution in [2.24, 2.45) is 0 Å². The summed E-state index contributed by atoms with van der Waals surface area (Å²) < 4.78 is 5.42. The maximum absolute atomic E-state index is 11.9. The molecule has 0 radical (unpaired) electrons. The van der Waals surface area contributed by atoms with Gasteiger partial charge in [0, 0.05) is 12.5 Å². The van der Waals surface area contributed by atoms with E-state index in [1.165, 1.54) is 22.3 Å². The van der Waals surface area contributed by atoms with Crippen LogP contribution in [0.25, 0.3) is 11.1 Å². The Morgan fingerprint density at radius 1 is 1.08 bits per heavy atom. The highest BCUT2D eigenvalue weighted by Gasteiger charge is 2.28. The number of carbonyl (C=O) groups is 1. The average molecular weight is 325 g/mol. The number of alkyl carbamates (subject to hydrolysis) is 1. The minimum atomic E-state index is -0.795. The van der Waals surface area contributed by atoms with Gasteiger partial charge in [0.1, 0.15) is 6.61 Å². The van der Waals surface area contributed by atoms with Crippen LogP contribution in [-0.4, -0.2) is 30.0 Å². The number of ether oxygens (including phenoxy) is 1. The number of fused-ring (bicyclic) bond motifs is 3. The number of carbonyl (C=O) groups excluding carboxylic acids is 1. The maximum atomic E-state index is 11.9. The van der Waals surface area contributed by atoms with Gasteiger partial charge in [0.15, 0.2) is 0 Å². The molecule has 0 atom stereocenters. The van der Waals surface area contributed by atoms with Gasteiger partial charge in [-0.3, -0.25) is 0 Å². The molecule has 0 saturated carbocycles. The number of aliphatic hydroxyl groups is 1. The van der Waals surface area contributed by atoms with E-state index in [4.69, 9.17) is 4.74 Å². The van der Waals surface area contributed by atoms with Crippen molar-refractivity contribution in [1.82, 2.24) is 5.32 Å². The minimum absolute atomic E-state index is 0.0671. The lowest BCUT2D eigenvalue weighted by atomic mass is 9.98. The Hall–Kier alpha value is -2.33. The summed E-state index contributed by atoms with van der Waals surface area (Å²) in [5.74, 6) is 0.0671. The second-order valence-electron chi connectivity index (χ2n) is 6.81. The molecule has 4 nitrogen and oxygen atoms in total. The zero-order valence-electron chi connectivity index (χ0n) is 14.1. The Morgan fingerprint density at radius 3 is 2.17 bits per heavy atom. The fraction of sp³-hybridized carbons (Fsp3) is 0.350. The van der Waals surface area contributed by atoms with Crippen LogP contribution in [-0.2, 0) is 4.74 Å². The molecular weight excluding hydrogens is 302 g/mol. The summed E-state index contributed by atoms with van der Waals surface area (Å²) >= 11 is 0. The molecule has 0 heterocycles. The summed E-state index contributed by atoms with van der Waals surface area (Å²) in [6, 6.07) is 16.5. The van der Waals surface area contributed by atoms with Crippen LogP contribution >= 0.6 is 0 Å². The van der Waals surface area contributed by atoms with E-state index in [0.717, 1.165) is 0 Å². The Kier molecular flexibility index (Phi) is 4.58. The molecule has 0 aliphatic heterocycles. The summed E-state index contributed by atoms with van der Waals surface area (Å²) in [7, 11) is 0. The van der Waals surface area contributed by atoms with E-state index >= 15 is 0 Å². The predicted molar refractivity (Wildman–Crippen MR) is 94.0 cm³/mol. The molecule has 0 unspecified atom stereocenters. The van der Waals surface area contributed by atoms with Crippen LogP contribution in [0.3, 0.4) is 0 Å². The fourth-order valence-corrected chi connectivity index (χ4v) is 3.12. The number of nitrogens with one attached hydrogen (secondary N) is 1. The van der Waals surface area contributed by atoms with Gasteiger partial charge in [-0.15, -0.1) is 0 Å². The molecule has 4 heteroatoms. The third-order valence-corrected chi connectivity index (χ3v) is 4.35. The van der Waals surface area contributed by atoms with Crippen LogP contribution in [0.15, 0.2) is 48.5 Å². The monoisotopic (exact) mass is 325 g/mol. The largest absolute Gasteiger partial charge is 0.449 e. The molecule has 0 saturated heterocycles. The second-order valence-corrected chi connectivity index (χ2v) is 6.81. The smallest absolute Gasteiger partial charge is 0.407 e. The van der Waals surface area contributed by atoms with E-state index in [9.17, 15) is 9.90 Å². The summed E-state index contributed by atoms with van der Waals surface area (Å²) in [6.07, 6.45) is 0.0399. The zero-order valence-corrected chi connectivity index (χ0v) is 14.1. The standard InChI is InChI=1S/C20H23NO3/c1-20(2,23)11-12-21-19(22)24-13-18-16-9-5-3-7-14(16)15-8-4-6-10-17(15)18/h3-10,18,23H,11-13H2,1-2H3,(H,21,22). The normalized spacial score (nSPS) is 13.3. The van der Waals surface area contributed by atoms with Crippen LogP contribution in [0.4, 0.5) is 4.79 Å². The Bertz CT molecular complexity index is 688. The summed E-state index contributed by atoms with van der Waals surface area (Å²) in [5, 5.41) is 12.3. The number of amides is 1. The van der Waals surface area contributed by atoms with Gasteiger partial charge >= 0.3 is 6.09 Å². The zero-order chi connectivity index (χ0) is 17.2. The van der Waals surface area contributed by atoms with E-state index in [1.54, 1.807) is 13.8 Å². The molecule has 126 valence electrons. The molecular formula is C20H23NO3. The van der Waals surface area contributed by atoms with Crippen molar-refractivity contribution in [2.45, 2.75) is 31.8 Å². The summed E-state index contributed by atoms with van der Waals surface area (Å²) in [6.45, 7) is 4.13. The van der Waals surface area contributed by atoms with Crippen LogP contribution in [0.1, 0.15) is 37.3 Å². The molecule has 2 aromatic carbocycles. The quantitative estimate of drug-likeness (QED) is 0.881. The van der Waals surface area contributed by atoms with Gasteiger partial charge in [0.25, 0.3) is 0 Å². The number of hydrogen-bond donors (Lipinski definition) is 2. The molecule has 0 bridgehead atoms. The number of rotatable bonds is 5. The van der Waals surface area contributed by atoms with E-state index in [-0.39, 0.29) is 5.92 Å². The average Bonchev–Trinajstić information content (AvgIpc) is 2.86. The first-order chi connectivity index (χ1) is 11.5. The minimum Gasteiger partial charge on any atom is -0.449 e. The van der Waals surface area contributed by atoms with Gasteiger partial charge in [-0.25, -0.2) is 4.79 Å². The first kappa shape index (κ1) is 16.5. The second kappa shape index (κ2) is 6.65. The Labute approximate surface area is 142 Å². The lowest BCUT2D eigenvalue weighted by Crippen LogP contribution is -2.31. The molecule has 0 fully saturated rings. The van der Waals surface area contributed by atoms with Crippen molar-refractivity contribution < 1.29 is 14.6 Å². The molecule has 2 aromatic rings. The molecule has 1 amide bonds. The van der Waals surface area contributed by atoms with Crippen molar-refractivity contribution in [3.05, 3.63) is 59.7 Å². The molecule has 2 N–H and O–H groups in total. The van der Waals surface area contributed by atoms with Crippen molar-refractivity contribution in [3.63, 3.8) is 0 Å². The van der Waals surface area contributed by atoms with Gasteiger partial charge in [-0.2, -0.15) is 0 Å². The van der Waals surface area contributed by atoms with Gasteiger partial charge in [0.2, 0.25) is 0 Å². The van der Waals surface area contributed by atoms with E-state index in [2.05, 4.69) is 29.6 Å². The predicted octanol–water partition coefficient (Wildman–Crippen LogP) is 3.69. The summed E-state index contributed by atoms with van der Waals surface area (Å²) in [5.41, 5.74) is 4.02. The van der Waals surface area contributed by atoms with Crippen LogP contribution in [0.2, 0.25) is 0 Å². The first-order valence-electron chi connectivity index (χ1n) is 8.27. The van der Waals surface area contributed by atoms with Gasteiger partial charge < -0.3 is 15.2 Å². The van der Waals surface area contributed by atoms with E-state index < -0.39 is 11.7 Å². The highest BCUT2D eigenvalue weighted by atomic mass is 16.5. The topological polar surface area (TPSA) is 58.6 Å². The molecule has 1 aliphatic carbocycles. The van der Waals surface area contributed by atoms with Crippen molar-refractivity contribution >= 4 is 6.09 Å². The lowest BCUT2D eigenvalue weighted by Gasteiger charge is -2.18. The fourth-order valence-electron chi connectivity index (χ4n) is 3.12. The SMILES string of the molecule is CC(C)(O)CCNC(=O)OCC1c2ccccc2-c2ccccc21. The number of benzene rings is 2.